The molecule has 0 radical (unpaired) electrons. The SMILES string of the molecule is Cc1ccc(C(C)(C)C)cc1C(CO)C1CC1. The summed E-state index contributed by atoms with van der Waals surface area (Å²) < 4.78 is 0. The highest BCUT2D eigenvalue weighted by atomic mass is 16.3. The highest BCUT2D eigenvalue weighted by molar-refractivity contribution is 5.37. The normalized spacial score (nSPS) is 18.2. The second-order valence-corrected chi connectivity index (χ2v) is 6.45. The summed E-state index contributed by atoms with van der Waals surface area (Å²) in [5.74, 6) is 1.08. The molecule has 1 heteroatoms. The Morgan fingerprint density at radius 2 is 1.94 bits per heavy atom. The number of aryl methyl sites for hydroxylation is 1. The Morgan fingerprint density at radius 1 is 1.29 bits per heavy atom. The maximum atomic E-state index is 9.61. The fourth-order valence-corrected chi connectivity index (χ4v) is 2.51. The van der Waals surface area contributed by atoms with Gasteiger partial charge in [-0.1, -0.05) is 39.0 Å². The number of hydrogen-bond donors (Lipinski definition) is 1. The van der Waals surface area contributed by atoms with E-state index in [1.807, 2.05) is 0 Å². The van der Waals surface area contributed by atoms with Crippen LogP contribution in [0.5, 0.6) is 0 Å². The number of rotatable bonds is 3. The van der Waals surface area contributed by atoms with Gasteiger partial charge in [0.2, 0.25) is 0 Å². The molecule has 1 fully saturated rings. The highest BCUT2D eigenvalue weighted by Gasteiger charge is 2.33. The van der Waals surface area contributed by atoms with Crippen LogP contribution in [-0.2, 0) is 5.41 Å². The zero-order chi connectivity index (χ0) is 12.6. The van der Waals surface area contributed by atoms with Gasteiger partial charge < -0.3 is 5.11 Å². The summed E-state index contributed by atoms with van der Waals surface area (Å²) in [5, 5.41) is 9.61. The third kappa shape index (κ3) is 2.71. The van der Waals surface area contributed by atoms with Crippen molar-refractivity contribution in [2.45, 2.75) is 51.9 Å². The van der Waals surface area contributed by atoms with Crippen LogP contribution in [0.4, 0.5) is 0 Å². The van der Waals surface area contributed by atoms with Gasteiger partial charge in [0.25, 0.3) is 0 Å². The van der Waals surface area contributed by atoms with E-state index in [1.54, 1.807) is 0 Å². The van der Waals surface area contributed by atoms with Crippen molar-refractivity contribution in [1.82, 2.24) is 0 Å². The molecule has 0 aliphatic heterocycles. The lowest BCUT2D eigenvalue weighted by molar-refractivity contribution is 0.252. The molecule has 0 saturated heterocycles. The quantitative estimate of drug-likeness (QED) is 0.841. The first-order chi connectivity index (χ1) is 7.93. The molecule has 1 nitrogen and oxygen atoms in total. The van der Waals surface area contributed by atoms with E-state index in [0.717, 1.165) is 0 Å². The van der Waals surface area contributed by atoms with Crippen molar-refractivity contribution in [2.24, 2.45) is 5.92 Å². The molecule has 0 aromatic heterocycles. The molecule has 1 atom stereocenters. The third-order valence-corrected chi connectivity index (χ3v) is 3.93. The minimum atomic E-state index is 0.187. The standard InChI is InChI=1S/C16H24O/c1-11-5-8-13(16(2,3)4)9-14(11)15(10-17)12-6-7-12/h5,8-9,12,15,17H,6-7,10H2,1-4H3. The molecule has 2 rings (SSSR count). The maximum absolute atomic E-state index is 9.61. The van der Waals surface area contributed by atoms with Crippen LogP contribution < -0.4 is 0 Å². The van der Waals surface area contributed by atoms with E-state index in [9.17, 15) is 5.11 Å². The molecule has 1 aromatic rings. The zero-order valence-electron chi connectivity index (χ0n) is 11.5. The molecular formula is C16H24O. The topological polar surface area (TPSA) is 20.2 Å². The van der Waals surface area contributed by atoms with Gasteiger partial charge in [-0.3, -0.25) is 0 Å². The van der Waals surface area contributed by atoms with Crippen molar-refractivity contribution in [3.8, 4) is 0 Å². The second kappa shape index (κ2) is 4.45. The number of aliphatic hydroxyl groups is 1. The third-order valence-electron chi connectivity index (χ3n) is 3.93. The lowest BCUT2D eigenvalue weighted by Crippen LogP contribution is -2.14. The second-order valence-electron chi connectivity index (χ2n) is 6.45. The Balaban J connectivity index is 2.37. The summed E-state index contributed by atoms with van der Waals surface area (Å²) in [6, 6.07) is 6.75. The molecule has 1 N–H and O–H groups in total. The molecule has 17 heavy (non-hydrogen) atoms. The molecule has 94 valence electrons. The molecule has 1 aliphatic rings. The van der Waals surface area contributed by atoms with Crippen LogP contribution in [0.1, 0.15) is 56.2 Å². The predicted octanol–water partition coefficient (Wildman–Crippen LogP) is 3.78. The average Bonchev–Trinajstić information content (AvgIpc) is 3.04. The van der Waals surface area contributed by atoms with E-state index >= 15 is 0 Å². The molecule has 1 aromatic carbocycles. The summed E-state index contributed by atoms with van der Waals surface area (Å²) in [4.78, 5) is 0. The van der Waals surface area contributed by atoms with Crippen molar-refractivity contribution in [1.29, 1.82) is 0 Å². The van der Waals surface area contributed by atoms with Gasteiger partial charge in [0, 0.05) is 5.92 Å². The summed E-state index contributed by atoms with van der Waals surface area (Å²) in [6.45, 7) is 9.18. The average molecular weight is 232 g/mol. The van der Waals surface area contributed by atoms with Crippen molar-refractivity contribution in [3.63, 3.8) is 0 Å². The van der Waals surface area contributed by atoms with Crippen molar-refractivity contribution in [3.05, 3.63) is 34.9 Å². The van der Waals surface area contributed by atoms with Gasteiger partial charge in [-0.15, -0.1) is 0 Å². The molecule has 0 spiro atoms. The molecular weight excluding hydrogens is 208 g/mol. The Bertz CT molecular complexity index is 396. The van der Waals surface area contributed by atoms with Gasteiger partial charge in [0.05, 0.1) is 6.61 Å². The predicted molar refractivity (Wildman–Crippen MR) is 72.4 cm³/mol. The van der Waals surface area contributed by atoms with Gasteiger partial charge in [-0.25, -0.2) is 0 Å². The summed E-state index contributed by atoms with van der Waals surface area (Å²) in [5.41, 5.74) is 4.25. The maximum Gasteiger partial charge on any atom is 0.0502 e. The first kappa shape index (κ1) is 12.6. The largest absolute Gasteiger partial charge is 0.396 e. The first-order valence-corrected chi connectivity index (χ1v) is 6.65. The van der Waals surface area contributed by atoms with Crippen LogP contribution in [-0.4, -0.2) is 11.7 Å². The van der Waals surface area contributed by atoms with Crippen molar-refractivity contribution < 1.29 is 5.11 Å². The van der Waals surface area contributed by atoms with Crippen LogP contribution >= 0.6 is 0 Å². The van der Waals surface area contributed by atoms with E-state index in [0.29, 0.717) is 18.4 Å². The van der Waals surface area contributed by atoms with Gasteiger partial charge >= 0.3 is 0 Å². The molecule has 0 amide bonds. The van der Waals surface area contributed by atoms with Gasteiger partial charge in [-0.2, -0.15) is 0 Å². The van der Waals surface area contributed by atoms with Crippen LogP contribution in [0.25, 0.3) is 0 Å². The smallest absolute Gasteiger partial charge is 0.0502 e. The highest BCUT2D eigenvalue weighted by Crippen LogP contribution is 2.43. The van der Waals surface area contributed by atoms with Gasteiger partial charge in [-0.05, 0) is 47.8 Å². The molecule has 0 heterocycles. The van der Waals surface area contributed by atoms with E-state index in [1.165, 1.54) is 29.5 Å². The summed E-state index contributed by atoms with van der Waals surface area (Å²) in [6.07, 6.45) is 2.56. The van der Waals surface area contributed by atoms with Crippen LogP contribution in [0.2, 0.25) is 0 Å². The number of hydrogen-bond acceptors (Lipinski definition) is 1. The van der Waals surface area contributed by atoms with Crippen LogP contribution in [0, 0.1) is 12.8 Å². The fraction of sp³-hybridized carbons (Fsp3) is 0.625. The summed E-state index contributed by atoms with van der Waals surface area (Å²) >= 11 is 0. The van der Waals surface area contributed by atoms with Gasteiger partial charge in [0.1, 0.15) is 0 Å². The minimum Gasteiger partial charge on any atom is -0.396 e. The first-order valence-electron chi connectivity index (χ1n) is 6.65. The lowest BCUT2D eigenvalue weighted by Gasteiger charge is -2.23. The van der Waals surface area contributed by atoms with Gasteiger partial charge in [0.15, 0.2) is 0 Å². The number of aliphatic hydroxyl groups excluding tert-OH is 1. The summed E-state index contributed by atoms with van der Waals surface area (Å²) in [7, 11) is 0. The number of benzene rings is 1. The van der Waals surface area contributed by atoms with Crippen molar-refractivity contribution in [2.75, 3.05) is 6.61 Å². The van der Waals surface area contributed by atoms with Crippen molar-refractivity contribution >= 4 is 0 Å². The van der Waals surface area contributed by atoms with Crippen LogP contribution in [0.15, 0.2) is 18.2 Å². The molecule has 1 aliphatic carbocycles. The monoisotopic (exact) mass is 232 g/mol. The Hall–Kier alpha value is -0.820. The fourth-order valence-electron chi connectivity index (χ4n) is 2.51. The van der Waals surface area contributed by atoms with E-state index in [2.05, 4.69) is 45.9 Å². The Labute approximate surface area is 105 Å². The molecule has 0 bridgehead atoms. The Kier molecular flexibility index (Phi) is 3.31. The van der Waals surface area contributed by atoms with E-state index in [-0.39, 0.29) is 5.41 Å². The van der Waals surface area contributed by atoms with E-state index in [4.69, 9.17) is 0 Å². The Morgan fingerprint density at radius 3 is 2.41 bits per heavy atom. The minimum absolute atomic E-state index is 0.187. The lowest BCUT2D eigenvalue weighted by atomic mass is 9.82. The molecule has 1 saturated carbocycles. The van der Waals surface area contributed by atoms with Crippen LogP contribution in [0.3, 0.4) is 0 Å². The molecule has 1 unspecified atom stereocenters. The zero-order valence-corrected chi connectivity index (χ0v) is 11.5. The van der Waals surface area contributed by atoms with E-state index < -0.39 is 0 Å².